The number of carbonyl (C=O) groups excluding carboxylic acids is 2. The first-order valence-electron chi connectivity index (χ1n) is 8.38. The van der Waals surface area contributed by atoms with Crippen molar-refractivity contribution in [3.05, 3.63) is 29.8 Å². The van der Waals surface area contributed by atoms with Gasteiger partial charge in [0.2, 0.25) is 10.0 Å². The first kappa shape index (κ1) is 19.4. The molecule has 0 aromatic heterocycles. The highest BCUT2D eigenvalue weighted by Crippen LogP contribution is 2.17. The monoisotopic (exact) mass is 368 g/mol. The molecule has 1 amide bonds. The van der Waals surface area contributed by atoms with Gasteiger partial charge in [0.05, 0.1) is 11.3 Å². The van der Waals surface area contributed by atoms with Gasteiger partial charge in [0.1, 0.15) is 0 Å². The topological polar surface area (TPSA) is 102 Å². The van der Waals surface area contributed by atoms with E-state index in [0.717, 1.165) is 31.2 Å². The normalized spacial score (nSPS) is 15.1. The third-order valence-corrected chi connectivity index (χ3v) is 5.51. The average Bonchev–Trinajstić information content (AvgIpc) is 3.06. The van der Waals surface area contributed by atoms with Gasteiger partial charge in [-0.05, 0) is 31.9 Å². The molecule has 1 fully saturated rings. The summed E-state index contributed by atoms with van der Waals surface area (Å²) in [5, 5.41) is 2.81. The zero-order chi connectivity index (χ0) is 18.3. The van der Waals surface area contributed by atoms with Crippen LogP contribution in [0.1, 0.15) is 37.7 Å². The Morgan fingerprint density at radius 1 is 1.16 bits per heavy atom. The van der Waals surface area contributed by atoms with E-state index >= 15 is 0 Å². The van der Waals surface area contributed by atoms with Crippen molar-refractivity contribution in [2.24, 2.45) is 0 Å². The van der Waals surface area contributed by atoms with E-state index in [-0.39, 0.29) is 36.4 Å². The lowest BCUT2D eigenvalue weighted by atomic mass is 10.2. The standard InChI is InChI=1S/C17H24N2O5S/c1-13-6-8-15(9-7-13)25(22,23)18-11-10-17(21)24-12-16(20)19-14-4-2-3-5-14/h6-9,14,18H,2-5,10-12H2,1H3,(H,19,20). The van der Waals surface area contributed by atoms with Crippen molar-refractivity contribution in [1.29, 1.82) is 0 Å². The largest absolute Gasteiger partial charge is 0.456 e. The maximum Gasteiger partial charge on any atom is 0.307 e. The number of hydrogen-bond acceptors (Lipinski definition) is 5. The van der Waals surface area contributed by atoms with E-state index in [1.807, 2.05) is 6.92 Å². The van der Waals surface area contributed by atoms with Crippen LogP contribution in [0.3, 0.4) is 0 Å². The van der Waals surface area contributed by atoms with Crippen molar-refractivity contribution in [3.8, 4) is 0 Å². The molecule has 2 N–H and O–H groups in total. The summed E-state index contributed by atoms with van der Waals surface area (Å²) in [5.41, 5.74) is 0.957. The quantitative estimate of drug-likeness (QED) is 0.673. The van der Waals surface area contributed by atoms with E-state index in [0.29, 0.717) is 0 Å². The van der Waals surface area contributed by atoms with E-state index in [1.54, 1.807) is 12.1 Å². The Morgan fingerprint density at radius 2 is 1.80 bits per heavy atom. The predicted molar refractivity (Wildman–Crippen MR) is 92.3 cm³/mol. The van der Waals surface area contributed by atoms with Gasteiger partial charge in [-0.1, -0.05) is 30.5 Å². The van der Waals surface area contributed by atoms with Gasteiger partial charge < -0.3 is 10.1 Å². The lowest BCUT2D eigenvalue weighted by Gasteiger charge is -2.12. The summed E-state index contributed by atoms with van der Waals surface area (Å²) < 4.78 is 31.3. The molecule has 0 bridgehead atoms. The molecule has 0 atom stereocenters. The maximum atomic E-state index is 12.1. The number of benzene rings is 1. The zero-order valence-electron chi connectivity index (χ0n) is 14.3. The van der Waals surface area contributed by atoms with Crippen LogP contribution in [0.4, 0.5) is 0 Å². The van der Waals surface area contributed by atoms with E-state index in [2.05, 4.69) is 10.0 Å². The minimum absolute atomic E-state index is 0.0840. The second-order valence-electron chi connectivity index (χ2n) is 6.17. The fourth-order valence-electron chi connectivity index (χ4n) is 2.65. The van der Waals surface area contributed by atoms with Crippen molar-refractivity contribution >= 4 is 21.9 Å². The SMILES string of the molecule is Cc1ccc(S(=O)(=O)NCCC(=O)OCC(=O)NC2CCCC2)cc1. The van der Waals surface area contributed by atoms with Crippen LogP contribution in [0.25, 0.3) is 0 Å². The molecular weight excluding hydrogens is 344 g/mol. The number of esters is 1. The van der Waals surface area contributed by atoms with Crippen molar-refractivity contribution in [3.63, 3.8) is 0 Å². The first-order chi connectivity index (χ1) is 11.9. The Hall–Kier alpha value is -1.93. The summed E-state index contributed by atoms with van der Waals surface area (Å²) in [6.07, 6.45) is 3.99. The molecule has 0 unspecified atom stereocenters. The van der Waals surface area contributed by atoms with Crippen LogP contribution in [-0.4, -0.2) is 39.5 Å². The van der Waals surface area contributed by atoms with E-state index in [9.17, 15) is 18.0 Å². The molecule has 0 spiro atoms. The fraction of sp³-hybridized carbons (Fsp3) is 0.529. The first-order valence-corrected chi connectivity index (χ1v) is 9.86. The molecule has 1 aromatic rings. The Morgan fingerprint density at radius 3 is 2.44 bits per heavy atom. The van der Waals surface area contributed by atoms with Gasteiger partial charge in [-0.3, -0.25) is 9.59 Å². The van der Waals surface area contributed by atoms with Gasteiger partial charge in [0.15, 0.2) is 6.61 Å². The molecule has 1 saturated carbocycles. The molecule has 25 heavy (non-hydrogen) atoms. The number of carbonyl (C=O) groups is 2. The van der Waals surface area contributed by atoms with Crippen LogP contribution in [-0.2, 0) is 24.3 Å². The van der Waals surface area contributed by atoms with Crippen molar-refractivity contribution < 1.29 is 22.7 Å². The average molecular weight is 368 g/mol. The fourth-order valence-corrected chi connectivity index (χ4v) is 3.68. The smallest absolute Gasteiger partial charge is 0.307 e. The second-order valence-corrected chi connectivity index (χ2v) is 7.94. The highest BCUT2D eigenvalue weighted by atomic mass is 32.2. The summed E-state index contributed by atoms with van der Waals surface area (Å²) in [7, 11) is -3.66. The summed E-state index contributed by atoms with van der Waals surface area (Å²) in [5.74, 6) is -0.936. The number of sulfonamides is 1. The molecule has 8 heteroatoms. The lowest BCUT2D eigenvalue weighted by molar-refractivity contribution is -0.148. The Bertz CT molecular complexity index is 694. The van der Waals surface area contributed by atoms with Gasteiger partial charge in [0.25, 0.3) is 5.91 Å². The zero-order valence-corrected chi connectivity index (χ0v) is 15.1. The lowest BCUT2D eigenvalue weighted by Crippen LogP contribution is -2.36. The minimum atomic E-state index is -3.66. The van der Waals surface area contributed by atoms with E-state index < -0.39 is 16.0 Å². The van der Waals surface area contributed by atoms with E-state index in [4.69, 9.17) is 4.74 Å². The number of rotatable bonds is 8. The molecule has 7 nitrogen and oxygen atoms in total. The molecule has 0 radical (unpaired) electrons. The minimum Gasteiger partial charge on any atom is -0.456 e. The van der Waals surface area contributed by atoms with E-state index in [1.165, 1.54) is 12.1 Å². The number of aryl methyl sites for hydroxylation is 1. The predicted octanol–water partition coefficient (Wildman–Crippen LogP) is 1.27. The van der Waals surface area contributed by atoms with Crippen LogP contribution in [0.15, 0.2) is 29.2 Å². The molecule has 138 valence electrons. The highest BCUT2D eigenvalue weighted by Gasteiger charge is 2.18. The van der Waals surface area contributed by atoms with Gasteiger partial charge in [-0.25, -0.2) is 13.1 Å². The van der Waals surface area contributed by atoms with Crippen molar-refractivity contribution in [1.82, 2.24) is 10.0 Å². The summed E-state index contributed by atoms with van der Waals surface area (Å²) in [6, 6.07) is 6.58. The van der Waals surface area contributed by atoms with Gasteiger partial charge in [-0.2, -0.15) is 0 Å². The summed E-state index contributed by atoms with van der Waals surface area (Å²) in [4.78, 5) is 23.4. The Kier molecular flexibility index (Phi) is 6.95. The van der Waals surface area contributed by atoms with Crippen LogP contribution in [0, 0.1) is 6.92 Å². The molecular formula is C17H24N2O5S. The summed E-state index contributed by atoms with van der Waals surface area (Å²) >= 11 is 0. The summed E-state index contributed by atoms with van der Waals surface area (Å²) in [6.45, 7) is 1.45. The Labute approximate surface area is 148 Å². The Balaban J connectivity index is 1.67. The van der Waals surface area contributed by atoms with Crippen molar-refractivity contribution in [2.45, 2.75) is 50.0 Å². The van der Waals surface area contributed by atoms with Crippen LogP contribution in [0.5, 0.6) is 0 Å². The third-order valence-electron chi connectivity index (χ3n) is 4.04. The number of ether oxygens (including phenoxy) is 1. The second kappa shape index (κ2) is 8.96. The number of hydrogen-bond donors (Lipinski definition) is 2. The number of amides is 1. The van der Waals surface area contributed by atoms with Crippen molar-refractivity contribution in [2.75, 3.05) is 13.2 Å². The van der Waals surface area contributed by atoms with Crippen LogP contribution < -0.4 is 10.0 Å². The molecule has 1 aliphatic rings. The van der Waals surface area contributed by atoms with Crippen LogP contribution >= 0.6 is 0 Å². The molecule has 0 saturated heterocycles. The molecule has 1 aliphatic carbocycles. The molecule has 0 heterocycles. The van der Waals surface area contributed by atoms with Gasteiger partial charge in [0, 0.05) is 12.6 Å². The highest BCUT2D eigenvalue weighted by molar-refractivity contribution is 7.89. The maximum absolute atomic E-state index is 12.1. The molecule has 2 rings (SSSR count). The van der Waals surface area contributed by atoms with Crippen LogP contribution in [0.2, 0.25) is 0 Å². The molecule has 1 aromatic carbocycles. The van der Waals surface area contributed by atoms with Gasteiger partial charge in [-0.15, -0.1) is 0 Å². The molecule has 0 aliphatic heterocycles. The third kappa shape index (κ3) is 6.47. The number of nitrogens with one attached hydrogen (secondary N) is 2. The van der Waals surface area contributed by atoms with Gasteiger partial charge >= 0.3 is 5.97 Å².